The van der Waals surface area contributed by atoms with E-state index < -0.39 is 4.92 Å². The number of benzene rings is 2. The smallest absolute Gasteiger partial charge is 0.311 e. The molecule has 0 amide bonds. The molecule has 4 aliphatic rings. The Kier molecular flexibility index (Phi) is 4.81. The summed E-state index contributed by atoms with van der Waals surface area (Å²) in [5.74, 6) is 1.99. The van der Waals surface area contributed by atoms with Crippen LogP contribution in [-0.2, 0) is 6.42 Å². The van der Waals surface area contributed by atoms with Gasteiger partial charge >= 0.3 is 5.69 Å². The Hall–Kier alpha value is -2.40. The molecule has 4 saturated carbocycles. The van der Waals surface area contributed by atoms with E-state index in [1.807, 2.05) is 18.2 Å². The molecule has 0 aliphatic heterocycles. The first kappa shape index (κ1) is 19.6. The fourth-order valence-corrected chi connectivity index (χ4v) is 6.53. The van der Waals surface area contributed by atoms with Gasteiger partial charge < -0.3 is 5.11 Å². The maximum absolute atomic E-state index is 11.5. The molecule has 0 atom stereocenters. The number of phenolic OH excluding ortho intramolecular Hbond substituents is 1. The van der Waals surface area contributed by atoms with Gasteiger partial charge in [0.15, 0.2) is 0 Å². The normalized spacial score (nSPS) is 29.6. The third-order valence-electron chi connectivity index (χ3n) is 7.21. The molecule has 0 radical (unpaired) electrons. The van der Waals surface area contributed by atoms with Crippen LogP contribution in [0.5, 0.6) is 5.75 Å². The van der Waals surface area contributed by atoms with E-state index in [0.717, 1.165) is 48.1 Å². The fourth-order valence-electron chi connectivity index (χ4n) is 6.33. The van der Waals surface area contributed by atoms with Crippen LogP contribution >= 0.6 is 11.6 Å². The van der Waals surface area contributed by atoms with E-state index in [4.69, 9.17) is 16.6 Å². The molecular weight excluding hydrogens is 400 g/mol. The third-order valence-corrected chi connectivity index (χ3v) is 7.58. The minimum Gasteiger partial charge on any atom is -0.502 e. The molecule has 0 unspecified atom stereocenters. The number of hydrogen-bond acceptors (Lipinski definition) is 4. The minimum atomic E-state index is -0.534. The predicted molar refractivity (Wildman–Crippen MR) is 118 cm³/mol. The van der Waals surface area contributed by atoms with E-state index in [2.05, 4.69) is 0 Å². The van der Waals surface area contributed by atoms with Crippen molar-refractivity contribution in [1.82, 2.24) is 0 Å². The topological polar surface area (TPSA) is 75.7 Å². The van der Waals surface area contributed by atoms with Gasteiger partial charge in [-0.1, -0.05) is 29.8 Å². The van der Waals surface area contributed by atoms with E-state index >= 15 is 0 Å². The first-order valence-electron chi connectivity index (χ1n) is 10.7. The monoisotopic (exact) mass is 424 g/mol. The van der Waals surface area contributed by atoms with Crippen LogP contribution in [-0.4, -0.2) is 21.8 Å². The standard InChI is InChI=1S/C24H25ClN2O3/c25-21-4-2-1-3-19(21)8-15-9-20(23(28)22(10-15)27(29)30)14-26-24-11-16-5-17(12-24)7-18(6-16)13-24/h1-4,9-10,14,16-18,28H,5-8,11-13H2. The van der Waals surface area contributed by atoms with Crippen molar-refractivity contribution in [1.29, 1.82) is 0 Å². The minimum absolute atomic E-state index is 0.0469. The summed E-state index contributed by atoms with van der Waals surface area (Å²) in [5, 5.41) is 22.7. The summed E-state index contributed by atoms with van der Waals surface area (Å²) in [7, 11) is 0. The van der Waals surface area contributed by atoms with E-state index in [-0.39, 0.29) is 17.0 Å². The van der Waals surface area contributed by atoms with Gasteiger partial charge in [0.1, 0.15) is 0 Å². The summed E-state index contributed by atoms with van der Waals surface area (Å²) in [5.41, 5.74) is 1.71. The second-order valence-electron chi connectivity index (χ2n) is 9.48. The van der Waals surface area contributed by atoms with Crippen molar-refractivity contribution in [2.45, 2.75) is 50.5 Å². The summed E-state index contributed by atoms with van der Waals surface area (Å²) in [6, 6.07) is 10.7. The van der Waals surface area contributed by atoms with Crippen LogP contribution in [0.1, 0.15) is 55.2 Å². The van der Waals surface area contributed by atoms with Crippen molar-refractivity contribution in [3.05, 3.63) is 68.2 Å². The Balaban J connectivity index is 1.48. The Morgan fingerprint density at radius 1 is 1.13 bits per heavy atom. The molecule has 30 heavy (non-hydrogen) atoms. The number of hydrogen-bond donors (Lipinski definition) is 1. The first-order valence-corrected chi connectivity index (χ1v) is 11.1. The molecule has 5 nitrogen and oxygen atoms in total. The highest BCUT2D eigenvalue weighted by Gasteiger charge is 2.50. The molecule has 4 fully saturated rings. The molecule has 0 heterocycles. The summed E-state index contributed by atoms with van der Waals surface area (Å²) >= 11 is 6.28. The number of nitrogens with zero attached hydrogens (tertiary/aromatic N) is 2. The van der Waals surface area contributed by atoms with Gasteiger partial charge in [0.05, 0.1) is 10.5 Å². The Morgan fingerprint density at radius 3 is 2.37 bits per heavy atom. The highest BCUT2D eigenvalue weighted by atomic mass is 35.5. The predicted octanol–water partition coefficient (Wildman–Crippen LogP) is 5.93. The quantitative estimate of drug-likeness (QED) is 0.367. The van der Waals surface area contributed by atoms with Crippen molar-refractivity contribution >= 4 is 23.5 Å². The maximum Gasteiger partial charge on any atom is 0.311 e. The van der Waals surface area contributed by atoms with Gasteiger partial charge in [-0.05, 0) is 86.0 Å². The lowest BCUT2D eigenvalue weighted by atomic mass is 9.53. The van der Waals surface area contributed by atoms with Gasteiger partial charge in [-0.15, -0.1) is 0 Å². The average Bonchev–Trinajstić information content (AvgIpc) is 2.68. The summed E-state index contributed by atoms with van der Waals surface area (Å²) in [6.45, 7) is 0. The lowest BCUT2D eigenvalue weighted by molar-refractivity contribution is -0.385. The van der Waals surface area contributed by atoms with Crippen molar-refractivity contribution in [3.8, 4) is 5.75 Å². The van der Waals surface area contributed by atoms with E-state index in [0.29, 0.717) is 17.0 Å². The third kappa shape index (κ3) is 3.60. The largest absolute Gasteiger partial charge is 0.502 e. The zero-order valence-corrected chi connectivity index (χ0v) is 17.5. The molecule has 0 saturated heterocycles. The van der Waals surface area contributed by atoms with Gasteiger partial charge in [0, 0.05) is 22.9 Å². The van der Waals surface area contributed by atoms with Crippen LogP contribution in [0.3, 0.4) is 0 Å². The number of phenols is 1. The summed E-state index contributed by atoms with van der Waals surface area (Å²) in [4.78, 5) is 16.0. The molecule has 4 aliphatic carbocycles. The first-order chi connectivity index (χ1) is 14.4. The molecule has 2 aromatic carbocycles. The zero-order chi connectivity index (χ0) is 20.9. The second-order valence-corrected chi connectivity index (χ2v) is 9.89. The summed E-state index contributed by atoms with van der Waals surface area (Å²) < 4.78 is 0. The van der Waals surface area contributed by atoms with Gasteiger partial charge in [0.25, 0.3) is 0 Å². The van der Waals surface area contributed by atoms with Crippen LogP contribution in [0.15, 0.2) is 41.4 Å². The molecule has 6 heteroatoms. The number of halogens is 1. The SMILES string of the molecule is O=[N+]([O-])c1cc(Cc2ccccc2Cl)cc(C=NC23CC4CC(CC(C4)C2)C3)c1O. The van der Waals surface area contributed by atoms with E-state index in [1.54, 1.807) is 18.3 Å². The Bertz CT molecular complexity index is 998. The van der Waals surface area contributed by atoms with Crippen LogP contribution in [0.25, 0.3) is 0 Å². The molecule has 0 aromatic heterocycles. The number of nitro benzene ring substituents is 1. The molecule has 0 spiro atoms. The molecular formula is C24H25ClN2O3. The van der Waals surface area contributed by atoms with Crippen LogP contribution in [0.4, 0.5) is 5.69 Å². The van der Waals surface area contributed by atoms with Crippen LogP contribution in [0.2, 0.25) is 5.02 Å². The maximum atomic E-state index is 11.5. The van der Waals surface area contributed by atoms with Crippen molar-refractivity contribution in [2.75, 3.05) is 0 Å². The van der Waals surface area contributed by atoms with Crippen molar-refractivity contribution in [2.24, 2.45) is 22.7 Å². The number of rotatable bonds is 5. The molecule has 6 rings (SSSR count). The molecule has 156 valence electrons. The zero-order valence-electron chi connectivity index (χ0n) is 16.8. The molecule has 2 aromatic rings. The second kappa shape index (κ2) is 7.38. The van der Waals surface area contributed by atoms with E-state index in [9.17, 15) is 15.2 Å². The summed E-state index contributed by atoms with van der Waals surface area (Å²) in [6.07, 6.45) is 9.47. The molecule has 4 bridgehead atoms. The van der Waals surface area contributed by atoms with Gasteiger partial charge in [-0.25, -0.2) is 0 Å². The number of aromatic hydroxyl groups is 1. The van der Waals surface area contributed by atoms with Gasteiger partial charge in [-0.3, -0.25) is 15.1 Å². The Labute approximate surface area is 180 Å². The number of nitro groups is 1. The van der Waals surface area contributed by atoms with Crippen molar-refractivity contribution < 1.29 is 10.0 Å². The lowest BCUT2D eigenvalue weighted by Gasteiger charge is -2.54. The lowest BCUT2D eigenvalue weighted by Crippen LogP contribution is -2.49. The van der Waals surface area contributed by atoms with Crippen LogP contribution < -0.4 is 0 Å². The van der Waals surface area contributed by atoms with Crippen LogP contribution in [0, 0.1) is 27.9 Å². The van der Waals surface area contributed by atoms with Crippen molar-refractivity contribution in [3.63, 3.8) is 0 Å². The van der Waals surface area contributed by atoms with Gasteiger partial charge in [-0.2, -0.15) is 0 Å². The van der Waals surface area contributed by atoms with E-state index in [1.165, 1.54) is 25.3 Å². The Morgan fingerprint density at radius 2 is 1.77 bits per heavy atom. The number of aliphatic imine (C=N–C) groups is 1. The fraction of sp³-hybridized carbons (Fsp3) is 0.458. The molecule has 1 N–H and O–H groups in total. The highest BCUT2D eigenvalue weighted by Crippen LogP contribution is 2.57. The van der Waals surface area contributed by atoms with Gasteiger partial charge in [0.2, 0.25) is 5.75 Å². The average molecular weight is 425 g/mol. The highest BCUT2D eigenvalue weighted by molar-refractivity contribution is 6.31.